The lowest BCUT2D eigenvalue weighted by atomic mass is 9.94. The molecule has 8 nitrogen and oxygen atoms in total. The Kier molecular flexibility index (Phi) is 7.11. The molecule has 0 saturated heterocycles. The minimum absolute atomic E-state index is 0.0377. The molecule has 4 rings (SSSR count). The van der Waals surface area contributed by atoms with Gasteiger partial charge in [-0.15, -0.1) is 11.3 Å². The molecule has 0 fully saturated rings. The van der Waals surface area contributed by atoms with Crippen LogP contribution in [0, 0.1) is 25.5 Å². The van der Waals surface area contributed by atoms with Crippen LogP contribution in [0.4, 0.5) is 8.78 Å². The number of ether oxygens (including phenoxy) is 1. The number of aromatic nitrogens is 4. The molecule has 0 aliphatic heterocycles. The Bertz CT molecular complexity index is 1590. The molecule has 4 aromatic rings. The molecule has 4 heterocycles. The van der Waals surface area contributed by atoms with Crippen molar-refractivity contribution in [3.63, 3.8) is 0 Å². The highest BCUT2D eigenvalue weighted by Gasteiger charge is 2.31. The van der Waals surface area contributed by atoms with Crippen LogP contribution in [0.2, 0.25) is 5.02 Å². The van der Waals surface area contributed by atoms with Crippen molar-refractivity contribution in [1.82, 2.24) is 19.5 Å². The topological polar surface area (TPSA) is 113 Å². The smallest absolute Gasteiger partial charge is 0.277 e. The Hall–Kier alpha value is -3.70. The minimum atomic E-state index is -0.945. The van der Waals surface area contributed by atoms with Crippen LogP contribution in [0.15, 0.2) is 40.8 Å². The van der Waals surface area contributed by atoms with Gasteiger partial charge >= 0.3 is 0 Å². The standard InChI is InChI=1S/C25H22ClF2N5O3S/c1-12-8-30-16(18-11-37-24(32-18)25(3,4)23(29)35)7-19(12)33-13(2)5-20(21(26)22(33)34)36-10-17-15(28)6-14(27)9-31-17/h5-9,11H,10H2,1-4H3,(H2,29,35). The molecule has 0 saturated carbocycles. The van der Waals surface area contributed by atoms with E-state index < -0.39 is 28.5 Å². The second kappa shape index (κ2) is 9.98. The summed E-state index contributed by atoms with van der Waals surface area (Å²) >= 11 is 7.63. The lowest BCUT2D eigenvalue weighted by Crippen LogP contribution is -2.35. The summed E-state index contributed by atoms with van der Waals surface area (Å²) in [6.07, 6.45) is 2.48. The zero-order valence-electron chi connectivity index (χ0n) is 20.3. The van der Waals surface area contributed by atoms with Gasteiger partial charge in [-0.25, -0.2) is 13.8 Å². The van der Waals surface area contributed by atoms with Gasteiger partial charge in [0.2, 0.25) is 5.91 Å². The molecule has 0 aromatic carbocycles. The zero-order valence-corrected chi connectivity index (χ0v) is 21.9. The van der Waals surface area contributed by atoms with E-state index in [1.807, 2.05) is 0 Å². The fourth-order valence-electron chi connectivity index (χ4n) is 3.46. The average Bonchev–Trinajstić information content (AvgIpc) is 3.34. The van der Waals surface area contributed by atoms with Crippen LogP contribution in [0.1, 0.15) is 35.8 Å². The van der Waals surface area contributed by atoms with Gasteiger partial charge in [0, 0.05) is 29.4 Å². The summed E-state index contributed by atoms with van der Waals surface area (Å²) in [6.45, 7) is 6.53. The quantitative estimate of drug-likeness (QED) is 0.362. The summed E-state index contributed by atoms with van der Waals surface area (Å²) < 4.78 is 34.0. The van der Waals surface area contributed by atoms with Gasteiger partial charge in [0.25, 0.3) is 5.56 Å². The molecular weight excluding hydrogens is 524 g/mol. The number of rotatable bonds is 7. The largest absolute Gasteiger partial charge is 0.485 e. The number of amides is 1. The Morgan fingerprint density at radius 1 is 1.16 bits per heavy atom. The zero-order chi connectivity index (χ0) is 27.1. The maximum atomic E-state index is 13.9. The maximum absolute atomic E-state index is 13.9. The highest BCUT2D eigenvalue weighted by Crippen LogP contribution is 2.31. The average molecular weight is 546 g/mol. The van der Waals surface area contributed by atoms with Gasteiger partial charge in [0.15, 0.2) is 5.82 Å². The molecule has 12 heteroatoms. The van der Waals surface area contributed by atoms with E-state index in [0.717, 1.165) is 6.20 Å². The molecule has 2 N–H and O–H groups in total. The van der Waals surface area contributed by atoms with Crippen LogP contribution in [-0.2, 0) is 16.8 Å². The van der Waals surface area contributed by atoms with Crippen LogP contribution in [0.25, 0.3) is 17.1 Å². The van der Waals surface area contributed by atoms with Gasteiger partial charge in [0.05, 0.1) is 28.7 Å². The van der Waals surface area contributed by atoms with Crippen LogP contribution in [0.5, 0.6) is 5.75 Å². The third kappa shape index (κ3) is 5.09. The van der Waals surface area contributed by atoms with Crippen molar-refractivity contribution in [2.45, 2.75) is 39.7 Å². The molecule has 0 bridgehead atoms. The Morgan fingerprint density at radius 2 is 1.89 bits per heavy atom. The summed E-state index contributed by atoms with van der Waals surface area (Å²) in [7, 11) is 0. The van der Waals surface area contributed by atoms with Crippen LogP contribution in [0.3, 0.4) is 0 Å². The van der Waals surface area contributed by atoms with Crippen molar-refractivity contribution >= 4 is 28.8 Å². The monoisotopic (exact) mass is 545 g/mol. The number of primary amides is 1. The first-order chi connectivity index (χ1) is 17.4. The van der Waals surface area contributed by atoms with Crippen molar-refractivity contribution < 1.29 is 18.3 Å². The van der Waals surface area contributed by atoms with Crippen LogP contribution >= 0.6 is 22.9 Å². The minimum Gasteiger partial charge on any atom is -0.485 e. The highest BCUT2D eigenvalue weighted by molar-refractivity contribution is 7.10. The molecule has 0 spiro atoms. The van der Waals surface area contributed by atoms with Gasteiger partial charge in [-0.2, -0.15) is 0 Å². The number of pyridine rings is 3. The molecule has 4 aromatic heterocycles. The second-order valence-corrected chi connectivity index (χ2v) is 10.1. The van der Waals surface area contributed by atoms with E-state index in [9.17, 15) is 18.4 Å². The third-order valence-electron chi connectivity index (χ3n) is 5.78. The number of nitrogens with zero attached hydrogens (tertiary/aromatic N) is 4. The van der Waals surface area contributed by atoms with Crippen molar-refractivity contribution in [2.24, 2.45) is 5.73 Å². The first-order valence-corrected chi connectivity index (χ1v) is 12.2. The van der Waals surface area contributed by atoms with Crippen LogP contribution < -0.4 is 16.0 Å². The molecular formula is C25H22ClF2N5O3S. The number of hydrogen-bond donors (Lipinski definition) is 1. The number of hydrogen-bond acceptors (Lipinski definition) is 7. The van der Waals surface area contributed by atoms with E-state index in [2.05, 4.69) is 15.0 Å². The predicted molar refractivity (Wildman–Crippen MR) is 136 cm³/mol. The molecule has 0 atom stereocenters. The Balaban J connectivity index is 1.70. The number of carbonyl (C=O) groups is 1. The summed E-state index contributed by atoms with van der Waals surface area (Å²) in [5.41, 5.74) is 6.61. The fourth-order valence-corrected chi connectivity index (χ4v) is 4.60. The Labute approximate surface area is 219 Å². The molecule has 0 aliphatic carbocycles. The SMILES string of the molecule is Cc1cnc(-c2csc(C(C)(C)C(N)=O)n2)cc1-n1c(C)cc(OCc2ncc(F)cc2F)c(Cl)c1=O. The first kappa shape index (κ1) is 26.4. The van der Waals surface area contributed by atoms with Crippen molar-refractivity contribution in [3.05, 3.63) is 84.9 Å². The van der Waals surface area contributed by atoms with Crippen molar-refractivity contribution in [2.75, 3.05) is 0 Å². The van der Waals surface area contributed by atoms with E-state index in [1.54, 1.807) is 51.4 Å². The van der Waals surface area contributed by atoms with Gasteiger partial charge < -0.3 is 10.5 Å². The highest BCUT2D eigenvalue weighted by atomic mass is 35.5. The number of nitrogens with two attached hydrogens (primary N) is 1. The van der Waals surface area contributed by atoms with Crippen LogP contribution in [-0.4, -0.2) is 25.4 Å². The number of halogens is 3. The van der Waals surface area contributed by atoms with Crippen molar-refractivity contribution in [1.29, 1.82) is 0 Å². The lowest BCUT2D eigenvalue weighted by molar-refractivity contribution is -0.122. The second-order valence-electron chi connectivity index (χ2n) is 8.86. The molecule has 0 radical (unpaired) electrons. The van der Waals surface area contributed by atoms with E-state index in [-0.39, 0.29) is 23.1 Å². The van der Waals surface area contributed by atoms with E-state index in [0.29, 0.717) is 39.4 Å². The van der Waals surface area contributed by atoms with Gasteiger partial charge in [0.1, 0.15) is 33.9 Å². The fraction of sp³-hybridized carbons (Fsp3) is 0.240. The third-order valence-corrected chi connectivity index (χ3v) is 7.30. The Morgan fingerprint density at radius 3 is 2.57 bits per heavy atom. The number of aryl methyl sites for hydroxylation is 2. The number of thiazole rings is 1. The van der Waals surface area contributed by atoms with Crippen molar-refractivity contribution in [3.8, 4) is 22.8 Å². The molecule has 192 valence electrons. The maximum Gasteiger partial charge on any atom is 0.277 e. The number of carbonyl (C=O) groups excluding carboxylic acids is 1. The molecule has 37 heavy (non-hydrogen) atoms. The van der Waals surface area contributed by atoms with E-state index in [4.69, 9.17) is 22.1 Å². The van der Waals surface area contributed by atoms with Gasteiger partial charge in [-0.1, -0.05) is 11.6 Å². The predicted octanol–water partition coefficient (Wildman–Crippen LogP) is 4.64. The van der Waals surface area contributed by atoms with E-state index >= 15 is 0 Å². The van der Waals surface area contributed by atoms with Gasteiger partial charge in [-0.3, -0.25) is 24.1 Å². The lowest BCUT2D eigenvalue weighted by Gasteiger charge is -2.17. The van der Waals surface area contributed by atoms with Gasteiger partial charge in [-0.05, 0) is 39.3 Å². The normalized spacial score (nSPS) is 11.5. The molecule has 1 amide bonds. The molecule has 0 unspecified atom stereocenters. The first-order valence-electron chi connectivity index (χ1n) is 11.0. The molecule has 0 aliphatic rings. The summed E-state index contributed by atoms with van der Waals surface area (Å²) in [5, 5.41) is 2.10. The van der Waals surface area contributed by atoms with E-state index in [1.165, 1.54) is 15.9 Å². The summed E-state index contributed by atoms with van der Waals surface area (Å²) in [4.78, 5) is 37.7. The summed E-state index contributed by atoms with van der Waals surface area (Å²) in [6, 6.07) is 3.94. The summed E-state index contributed by atoms with van der Waals surface area (Å²) in [5.74, 6) is -2.14.